The lowest BCUT2D eigenvalue weighted by Crippen LogP contribution is -2.25. The fourth-order valence-electron chi connectivity index (χ4n) is 2.05. The third kappa shape index (κ3) is 2.36. The van der Waals surface area contributed by atoms with Crippen LogP contribution in [0.3, 0.4) is 0 Å². The summed E-state index contributed by atoms with van der Waals surface area (Å²) in [5.74, 6) is 0. The van der Waals surface area contributed by atoms with Crippen molar-refractivity contribution in [3.63, 3.8) is 0 Å². The van der Waals surface area contributed by atoms with Gasteiger partial charge in [-0.25, -0.2) is 0 Å². The molecule has 0 aliphatic carbocycles. The molecule has 0 unspecified atom stereocenters. The van der Waals surface area contributed by atoms with Crippen LogP contribution >= 0.6 is 0 Å². The van der Waals surface area contributed by atoms with Crippen molar-refractivity contribution >= 4 is 0 Å². The summed E-state index contributed by atoms with van der Waals surface area (Å²) in [6, 6.07) is 13.4. The Hall–Kier alpha value is -1.87. The van der Waals surface area contributed by atoms with Crippen LogP contribution in [0.2, 0.25) is 0 Å². The summed E-state index contributed by atoms with van der Waals surface area (Å²) in [5, 5.41) is 9.16. The Morgan fingerprint density at radius 2 is 1.83 bits per heavy atom. The molecule has 0 saturated heterocycles. The van der Waals surface area contributed by atoms with Gasteiger partial charge in [0.15, 0.2) is 0 Å². The highest BCUT2D eigenvalue weighted by Gasteiger charge is 2.08. The lowest BCUT2D eigenvalue weighted by atomic mass is 10.1. The smallest absolute Gasteiger partial charge is 0.256 e. The first kappa shape index (κ1) is 12.6. The van der Waals surface area contributed by atoms with Crippen LogP contribution in [-0.4, -0.2) is 9.67 Å². The van der Waals surface area contributed by atoms with Crippen LogP contribution < -0.4 is 5.56 Å². The highest BCUT2D eigenvalue weighted by molar-refractivity contribution is 5.59. The van der Waals surface area contributed by atoms with Gasteiger partial charge in [-0.05, 0) is 24.1 Å². The topological polar surface area (TPSA) is 42.2 Å². The minimum atomic E-state index is -0.211. The maximum Gasteiger partial charge on any atom is 0.256 e. The maximum absolute atomic E-state index is 12.2. The van der Waals surface area contributed by atoms with E-state index in [2.05, 4.69) is 0 Å². The molecule has 3 nitrogen and oxygen atoms in total. The Bertz CT molecular complexity index is 573. The summed E-state index contributed by atoms with van der Waals surface area (Å²) >= 11 is 0. The van der Waals surface area contributed by atoms with Crippen LogP contribution in [0.15, 0.2) is 47.3 Å². The predicted octanol–water partition coefficient (Wildman–Crippen LogP) is 2.42. The molecule has 1 aromatic heterocycles. The van der Waals surface area contributed by atoms with E-state index < -0.39 is 0 Å². The number of hydrogen-bond donors (Lipinski definition) is 1. The minimum Gasteiger partial charge on any atom is -0.391 e. The van der Waals surface area contributed by atoms with Crippen LogP contribution in [0, 0.1) is 0 Å². The van der Waals surface area contributed by atoms with E-state index in [1.165, 1.54) is 0 Å². The van der Waals surface area contributed by atoms with Crippen molar-refractivity contribution in [2.75, 3.05) is 0 Å². The Kier molecular flexibility index (Phi) is 3.95. The van der Waals surface area contributed by atoms with Crippen molar-refractivity contribution in [3.05, 3.63) is 58.4 Å². The third-order valence-electron chi connectivity index (χ3n) is 2.94. The van der Waals surface area contributed by atoms with Gasteiger partial charge in [-0.3, -0.25) is 4.79 Å². The van der Waals surface area contributed by atoms with Crippen LogP contribution in [0.1, 0.15) is 18.9 Å². The Balaban J connectivity index is 2.61. The first-order valence-corrected chi connectivity index (χ1v) is 6.17. The maximum atomic E-state index is 12.2. The van der Waals surface area contributed by atoms with E-state index in [-0.39, 0.29) is 12.2 Å². The number of aliphatic hydroxyl groups is 1. The van der Waals surface area contributed by atoms with E-state index in [9.17, 15) is 4.79 Å². The fourth-order valence-corrected chi connectivity index (χ4v) is 2.05. The molecule has 0 bridgehead atoms. The Morgan fingerprint density at radius 1 is 1.11 bits per heavy atom. The molecule has 1 N–H and O–H groups in total. The van der Waals surface area contributed by atoms with E-state index >= 15 is 0 Å². The van der Waals surface area contributed by atoms with E-state index in [0.717, 1.165) is 17.7 Å². The second-order valence-corrected chi connectivity index (χ2v) is 4.22. The fraction of sp³-hybridized carbons (Fsp3) is 0.267. The molecular formula is C15H17NO2. The van der Waals surface area contributed by atoms with Gasteiger partial charge in [0.05, 0.1) is 12.3 Å². The van der Waals surface area contributed by atoms with Gasteiger partial charge < -0.3 is 9.67 Å². The monoisotopic (exact) mass is 243 g/mol. The molecule has 0 amide bonds. The Labute approximate surface area is 106 Å². The molecule has 0 spiro atoms. The summed E-state index contributed by atoms with van der Waals surface area (Å²) < 4.78 is 1.74. The van der Waals surface area contributed by atoms with Gasteiger partial charge in [-0.15, -0.1) is 0 Å². The van der Waals surface area contributed by atoms with Crippen molar-refractivity contribution in [2.45, 2.75) is 26.5 Å². The molecule has 2 rings (SSSR count). The summed E-state index contributed by atoms with van der Waals surface area (Å²) in [4.78, 5) is 12.2. The number of aromatic nitrogens is 1. The summed E-state index contributed by atoms with van der Waals surface area (Å²) in [5.41, 5.74) is 2.27. The molecule has 0 aliphatic heterocycles. The summed E-state index contributed by atoms with van der Waals surface area (Å²) in [6.45, 7) is 2.49. The minimum absolute atomic E-state index is 0.0966. The van der Waals surface area contributed by atoms with Crippen LogP contribution in [0.4, 0.5) is 0 Å². The number of hydrogen-bond acceptors (Lipinski definition) is 2. The van der Waals surface area contributed by atoms with Crippen molar-refractivity contribution in [1.82, 2.24) is 4.57 Å². The highest BCUT2D eigenvalue weighted by atomic mass is 16.3. The van der Waals surface area contributed by atoms with E-state index in [1.54, 1.807) is 10.6 Å². The molecular weight excluding hydrogens is 226 g/mol. The molecule has 0 atom stereocenters. The molecule has 1 heterocycles. The second kappa shape index (κ2) is 5.65. The highest BCUT2D eigenvalue weighted by Crippen LogP contribution is 2.18. The van der Waals surface area contributed by atoms with Crippen molar-refractivity contribution in [3.8, 4) is 11.3 Å². The van der Waals surface area contributed by atoms with Crippen molar-refractivity contribution in [2.24, 2.45) is 0 Å². The van der Waals surface area contributed by atoms with Gasteiger partial charge in [0, 0.05) is 12.1 Å². The van der Waals surface area contributed by atoms with E-state index in [0.29, 0.717) is 12.1 Å². The first-order valence-electron chi connectivity index (χ1n) is 6.17. The molecule has 1 aromatic carbocycles. The molecule has 2 aromatic rings. The zero-order valence-corrected chi connectivity index (χ0v) is 10.5. The van der Waals surface area contributed by atoms with Crippen molar-refractivity contribution < 1.29 is 5.11 Å². The summed E-state index contributed by atoms with van der Waals surface area (Å²) in [6.07, 6.45) is 0.884. The number of pyridine rings is 1. The van der Waals surface area contributed by atoms with Gasteiger partial charge in [-0.2, -0.15) is 0 Å². The average molecular weight is 243 g/mol. The van der Waals surface area contributed by atoms with Crippen LogP contribution in [-0.2, 0) is 13.2 Å². The molecule has 3 heteroatoms. The van der Waals surface area contributed by atoms with Gasteiger partial charge in [0.2, 0.25) is 0 Å². The van der Waals surface area contributed by atoms with E-state index in [1.807, 2.05) is 43.3 Å². The largest absolute Gasteiger partial charge is 0.391 e. The van der Waals surface area contributed by atoms with E-state index in [4.69, 9.17) is 5.11 Å². The van der Waals surface area contributed by atoms with Crippen LogP contribution in [0.25, 0.3) is 11.3 Å². The standard InChI is InChI=1S/C15H17NO2/c1-2-10-16-14(12-6-4-3-5-7-12)9-8-13(11-17)15(16)18/h3-9,17H,2,10-11H2,1H3. The zero-order chi connectivity index (χ0) is 13.0. The number of rotatable bonds is 4. The SMILES string of the molecule is CCCn1c(-c2ccccc2)ccc(CO)c1=O. The zero-order valence-electron chi connectivity index (χ0n) is 10.5. The molecule has 94 valence electrons. The molecule has 0 radical (unpaired) electrons. The van der Waals surface area contributed by atoms with Gasteiger partial charge in [-0.1, -0.05) is 37.3 Å². The molecule has 0 aliphatic rings. The number of nitrogens with zero attached hydrogens (tertiary/aromatic N) is 1. The third-order valence-corrected chi connectivity index (χ3v) is 2.94. The van der Waals surface area contributed by atoms with Gasteiger partial charge >= 0.3 is 0 Å². The van der Waals surface area contributed by atoms with Gasteiger partial charge in [0.1, 0.15) is 0 Å². The number of benzene rings is 1. The average Bonchev–Trinajstić information content (AvgIpc) is 2.42. The van der Waals surface area contributed by atoms with Crippen molar-refractivity contribution in [1.29, 1.82) is 0 Å². The molecule has 0 saturated carbocycles. The normalized spacial score (nSPS) is 10.6. The molecule has 0 fully saturated rings. The summed E-state index contributed by atoms with van der Waals surface area (Å²) in [7, 11) is 0. The lowest BCUT2D eigenvalue weighted by Gasteiger charge is -2.13. The lowest BCUT2D eigenvalue weighted by molar-refractivity contribution is 0.279. The van der Waals surface area contributed by atoms with Crippen LogP contribution in [0.5, 0.6) is 0 Å². The quantitative estimate of drug-likeness (QED) is 0.896. The predicted molar refractivity (Wildman–Crippen MR) is 72.4 cm³/mol. The number of aliphatic hydroxyl groups excluding tert-OH is 1. The Morgan fingerprint density at radius 3 is 2.44 bits per heavy atom. The second-order valence-electron chi connectivity index (χ2n) is 4.22. The van der Waals surface area contributed by atoms with Gasteiger partial charge in [0.25, 0.3) is 5.56 Å². The molecule has 18 heavy (non-hydrogen) atoms. The first-order chi connectivity index (χ1) is 8.77.